The van der Waals surface area contributed by atoms with Crippen molar-refractivity contribution >= 4 is 5.91 Å². The summed E-state index contributed by atoms with van der Waals surface area (Å²) in [6.45, 7) is 2.59. The molecule has 1 aliphatic carbocycles. The fraction of sp³-hybridized carbons (Fsp3) is 0.533. The Balaban J connectivity index is 1.40. The van der Waals surface area contributed by atoms with Gasteiger partial charge in [0.2, 0.25) is 5.91 Å². The van der Waals surface area contributed by atoms with Gasteiger partial charge in [0.1, 0.15) is 6.61 Å². The van der Waals surface area contributed by atoms with Gasteiger partial charge in [0.25, 0.3) is 0 Å². The summed E-state index contributed by atoms with van der Waals surface area (Å²) >= 11 is 0. The van der Waals surface area contributed by atoms with E-state index in [2.05, 4.69) is 22.8 Å². The van der Waals surface area contributed by atoms with E-state index in [9.17, 15) is 4.79 Å². The molecule has 4 heteroatoms. The van der Waals surface area contributed by atoms with E-state index in [-0.39, 0.29) is 12.5 Å². The number of nitrogens with one attached hydrogen (secondary N) is 2. The highest BCUT2D eigenvalue weighted by Gasteiger charge is 2.22. The van der Waals surface area contributed by atoms with E-state index >= 15 is 0 Å². The van der Waals surface area contributed by atoms with Crippen LogP contribution in [0.2, 0.25) is 0 Å². The minimum Gasteiger partial charge on any atom is -0.372 e. The maximum absolute atomic E-state index is 11.3. The topological polar surface area (TPSA) is 50.4 Å². The monoisotopic (exact) mass is 262 g/mol. The summed E-state index contributed by atoms with van der Waals surface area (Å²) in [6, 6.07) is 10.7. The Labute approximate surface area is 114 Å². The second kappa shape index (κ2) is 7.92. The van der Waals surface area contributed by atoms with Crippen LogP contribution in [-0.4, -0.2) is 31.7 Å². The number of rotatable bonds is 9. The van der Waals surface area contributed by atoms with Crippen molar-refractivity contribution in [1.82, 2.24) is 10.6 Å². The lowest BCUT2D eigenvalue weighted by molar-refractivity contribution is -0.125. The van der Waals surface area contributed by atoms with Gasteiger partial charge in [-0.25, -0.2) is 0 Å². The van der Waals surface area contributed by atoms with Gasteiger partial charge in [-0.1, -0.05) is 30.3 Å². The second-order valence-electron chi connectivity index (χ2n) is 4.91. The van der Waals surface area contributed by atoms with Crippen molar-refractivity contribution in [2.24, 2.45) is 0 Å². The van der Waals surface area contributed by atoms with Gasteiger partial charge >= 0.3 is 0 Å². The molecule has 1 amide bonds. The van der Waals surface area contributed by atoms with Crippen molar-refractivity contribution in [3.8, 4) is 0 Å². The summed E-state index contributed by atoms with van der Waals surface area (Å²) in [7, 11) is 0. The Morgan fingerprint density at radius 1 is 1.26 bits per heavy atom. The van der Waals surface area contributed by atoms with E-state index in [1.165, 1.54) is 5.56 Å². The molecule has 0 spiro atoms. The SMILES string of the molecule is O=C(COCCCNCc1ccccc1)NC1CC1. The van der Waals surface area contributed by atoms with Gasteiger partial charge in [-0.15, -0.1) is 0 Å². The summed E-state index contributed by atoms with van der Waals surface area (Å²) in [6.07, 6.45) is 3.16. The molecule has 0 aromatic heterocycles. The maximum Gasteiger partial charge on any atom is 0.246 e. The van der Waals surface area contributed by atoms with Crippen LogP contribution < -0.4 is 10.6 Å². The highest BCUT2D eigenvalue weighted by atomic mass is 16.5. The minimum atomic E-state index is 0.0137. The molecule has 1 aliphatic rings. The molecule has 1 aromatic carbocycles. The van der Waals surface area contributed by atoms with Gasteiger partial charge in [-0.3, -0.25) is 4.79 Å². The van der Waals surface area contributed by atoms with E-state index in [1.54, 1.807) is 0 Å². The van der Waals surface area contributed by atoms with Crippen molar-refractivity contribution in [3.63, 3.8) is 0 Å². The molecule has 2 N–H and O–H groups in total. The second-order valence-corrected chi connectivity index (χ2v) is 4.91. The molecular weight excluding hydrogens is 240 g/mol. The third kappa shape index (κ3) is 6.36. The van der Waals surface area contributed by atoms with Crippen LogP contribution >= 0.6 is 0 Å². The van der Waals surface area contributed by atoms with Crippen LogP contribution in [0.3, 0.4) is 0 Å². The molecule has 19 heavy (non-hydrogen) atoms. The van der Waals surface area contributed by atoms with Crippen LogP contribution in [0.5, 0.6) is 0 Å². The quantitative estimate of drug-likeness (QED) is 0.662. The van der Waals surface area contributed by atoms with E-state index < -0.39 is 0 Å². The van der Waals surface area contributed by atoms with Gasteiger partial charge in [-0.05, 0) is 31.4 Å². The van der Waals surface area contributed by atoms with Gasteiger partial charge in [0.15, 0.2) is 0 Å². The first-order chi connectivity index (χ1) is 9.34. The Morgan fingerprint density at radius 2 is 2.05 bits per heavy atom. The van der Waals surface area contributed by atoms with Crippen LogP contribution in [-0.2, 0) is 16.1 Å². The first-order valence-corrected chi connectivity index (χ1v) is 6.96. The zero-order chi connectivity index (χ0) is 13.3. The molecule has 1 saturated carbocycles. The number of amides is 1. The smallest absolute Gasteiger partial charge is 0.246 e. The summed E-state index contributed by atoms with van der Waals surface area (Å²) in [5.41, 5.74) is 1.28. The third-order valence-electron chi connectivity index (χ3n) is 2.99. The molecule has 2 rings (SSSR count). The number of hydrogen-bond donors (Lipinski definition) is 2. The summed E-state index contributed by atoms with van der Waals surface area (Å²) in [4.78, 5) is 11.3. The zero-order valence-electron chi connectivity index (χ0n) is 11.2. The van der Waals surface area contributed by atoms with Gasteiger partial charge in [-0.2, -0.15) is 0 Å². The molecule has 104 valence electrons. The minimum absolute atomic E-state index is 0.0137. The number of benzene rings is 1. The van der Waals surface area contributed by atoms with Crippen molar-refractivity contribution in [1.29, 1.82) is 0 Å². The van der Waals surface area contributed by atoms with Gasteiger partial charge < -0.3 is 15.4 Å². The zero-order valence-corrected chi connectivity index (χ0v) is 11.2. The highest BCUT2D eigenvalue weighted by molar-refractivity contribution is 5.77. The van der Waals surface area contributed by atoms with E-state index in [0.717, 1.165) is 32.4 Å². The molecule has 0 heterocycles. The Bertz CT molecular complexity index is 377. The molecule has 0 radical (unpaired) electrons. The largest absolute Gasteiger partial charge is 0.372 e. The fourth-order valence-corrected chi connectivity index (χ4v) is 1.79. The highest BCUT2D eigenvalue weighted by Crippen LogP contribution is 2.18. The molecule has 0 unspecified atom stereocenters. The number of hydrogen-bond acceptors (Lipinski definition) is 3. The first-order valence-electron chi connectivity index (χ1n) is 6.96. The Hall–Kier alpha value is -1.39. The Morgan fingerprint density at radius 3 is 2.79 bits per heavy atom. The van der Waals surface area contributed by atoms with Crippen LogP contribution in [0.4, 0.5) is 0 Å². The van der Waals surface area contributed by atoms with Crippen molar-refractivity contribution < 1.29 is 9.53 Å². The lowest BCUT2D eigenvalue weighted by Crippen LogP contribution is -2.29. The van der Waals surface area contributed by atoms with Crippen LogP contribution in [0, 0.1) is 0 Å². The standard InChI is InChI=1S/C15H22N2O2/c18-15(17-14-7-8-14)12-19-10-4-9-16-11-13-5-2-1-3-6-13/h1-3,5-6,14,16H,4,7-12H2,(H,17,18). The van der Waals surface area contributed by atoms with Crippen LogP contribution in [0.1, 0.15) is 24.8 Å². The van der Waals surface area contributed by atoms with Crippen molar-refractivity contribution in [3.05, 3.63) is 35.9 Å². The molecule has 0 bridgehead atoms. The normalized spacial score (nSPS) is 14.3. The molecular formula is C15H22N2O2. The lowest BCUT2D eigenvalue weighted by Gasteiger charge is -2.06. The molecule has 0 aliphatic heterocycles. The number of ether oxygens (including phenoxy) is 1. The van der Waals surface area contributed by atoms with Gasteiger partial charge in [0, 0.05) is 19.2 Å². The third-order valence-corrected chi connectivity index (χ3v) is 2.99. The van der Waals surface area contributed by atoms with E-state index in [1.807, 2.05) is 18.2 Å². The molecule has 1 aromatic rings. The summed E-state index contributed by atoms with van der Waals surface area (Å²) in [5.74, 6) is 0.0137. The molecule has 0 atom stereocenters. The van der Waals surface area contributed by atoms with Crippen molar-refractivity contribution in [2.45, 2.75) is 31.8 Å². The summed E-state index contributed by atoms with van der Waals surface area (Å²) in [5, 5.41) is 6.25. The maximum atomic E-state index is 11.3. The van der Waals surface area contributed by atoms with E-state index in [4.69, 9.17) is 4.74 Å². The average Bonchev–Trinajstić information content (AvgIpc) is 3.23. The number of carbonyl (C=O) groups is 1. The first kappa shape index (κ1) is 14.0. The lowest BCUT2D eigenvalue weighted by atomic mass is 10.2. The van der Waals surface area contributed by atoms with Crippen molar-refractivity contribution in [2.75, 3.05) is 19.8 Å². The van der Waals surface area contributed by atoms with Crippen LogP contribution in [0.15, 0.2) is 30.3 Å². The molecule has 1 fully saturated rings. The summed E-state index contributed by atoms with van der Waals surface area (Å²) < 4.78 is 5.32. The molecule has 4 nitrogen and oxygen atoms in total. The van der Waals surface area contributed by atoms with E-state index in [0.29, 0.717) is 12.6 Å². The predicted molar refractivity (Wildman–Crippen MR) is 74.7 cm³/mol. The number of carbonyl (C=O) groups excluding carboxylic acids is 1. The fourth-order valence-electron chi connectivity index (χ4n) is 1.79. The van der Waals surface area contributed by atoms with Gasteiger partial charge in [0.05, 0.1) is 0 Å². The van der Waals surface area contributed by atoms with Crippen LogP contribution in [0.25, 0.3) is 0 Å². The Kier molecular flexibility index (Phi) is 5.85. The predicted octanol–water partition coefficient (Wildman–Crippen LogP) is 1.46. The molecule has 0 saturated heterocycles. The average molecular weight is 262 g/mol.